The number of hydrogen-bond donors (Lipinski definition) is 4. The van der Waals surface area contributed by atoms with E-state index in [9.17, 15) is 24.3 Å². The van der Waals surface area contributed by atoms with E-state index in [2.05, 4.69) is 16.0 Å². The number of aromatic nitrogens is 1. The second-order valence-corrected chi connectivity index (χ2v) is 13.4. The van der Waals surface area contributed by atoms with E-state index in [4.69, 9.17) is 9.47 Å². The number of unbranched alkanes of at least 4 members (excludes halogenated alkanes) is 1. The maximum atomic E-state index is 13.5. The standard InChI is InChI=1S/C37H50N4O7/c1-36(2,3)48-35(46)40-37(4,5)34(45)39-31(17-12-15-26-13-8-7-9-14-26)32(42)38-28-22-24-41(25-28)23-11-10-16-30(33(43)44)27-18-20-29(47-6)21-19-27/h7-9,13-14,18-22,24-25,30-31H,10-12,15-17,23H2,1-6H3,(H,38,42)(H,39,45)(H,40,46)(H,43,44)/t30?,31-/m1/s1. The summed E-state index contributed by atoms with van der Waals surface area (Å²) in [5.41, 5.74) is 0.381. The van der Waals surface area contributed by atoms with Gasteiger partial charge in [-0.15, -0.1) is 0 Å². The molecule has 260 valence electrons. The monoisotopic (exact) mass is 662 g/mol. The zero-order chi connectivity index (χ0) is 35.3. The first-order valence-corrected chi connectivity index (χ1v) is 16.4. The van der Waals surface area contributed by atoms with Gasteiger partial charge in [0.25, 0.3) is 0 Å². The number of rotatable bonds is 17. The molecule has 0 spiro atoms. The molecule has 0 aliphatic heterocycles. The van der Waals surface area contributed by atoms with Crippen LogP contribution in [0, 0.1) is 0 Å². The van der Waals surface area contributed by atoms with Crippen LogP contribution in [-0.2, 0) is 32.1 Å². The topological polar surface area (TPSA) is 148 Å². The zero-order valence-corrected chi connectivity index (χ0v) is 28.9. The first-order valence-electron chi connectivity index (χ1n) is 16.4. The molecule has 4 N–H and O–H groups in total. The minimum Gasteiger partial charge on any atom is -0.497 e. The largest absolute Gasteiger partial charge is 0.497 e. The molecule has 0 fully saturated rings. The lowest BCUT2D eigenvalue weighted by Crippen LogP contribution is -2.58. The molecular formula is C37H50N4O7. The molecule has 2 atom stereocenters. The second-order valence-electron chi connectivity index (χ2n) is 13.4. The van der Waals surface area contributed by atoms with Crippen molar-refractivity contribution in [2.24, 2.45) is 0 Å². The summed E-state index contributed by atoms with van der Waals surface area (Å²) in [7, 11) is 1.57. The lowest BCUT2D eigenvalue weighted by Gasteiger charge is -2.29. The van der Waals surface area contributed by atoms with Gasteiger partial charge in [0.05, 0.1) is 18.7 Å². The molecule has 1 unspecified atom stereocenters. The molecule has 1 aromatic heterocycles. The summed E-state index contributed by atoms with van der Waals surface area (Å²) in [6.45, 7) is 8.96. The van der Waals surface area contributed by atoms with Crippen molar-refractivity contribution in [2.45, 2.75) is 103 Å². The molecule has 0 saturated heterocycles. The number of carboxylic acid groups (broad SMARTS) is 1. The Hall–Kier alpha value is -4.80. The summed E-state index contributed by atoms with van der Waals surface area (Å²) < 4.78 is 12.4. The van der Waals surface area contributed by atoms with E-state index in [1.54, 1.807) is 72.1 Å². The molecule has 0 saturated carbocycles. The molecule has 1 heterocycles. The molecular weight excluding hydrogens is 612 g/mol. The lowest BCUT2D eigenvalue weighted by atomic mass is 9.93. The minimum absolute atomic E-state index is 0.369. The maximum absolute atomic E-state index is 13.5. The Morgan fingerprint density at radius 3 is 2.19 bits per heavy atom. The van der Waals surface area contributed by atoms with Crippen LogP contribution in [0.1, 0.15) is 83.8 Å². The molecule has 0 aliphatic carbocycles. The number of hydrogen-bond acceptors (Lipinski definition) is 6. The highest BCUT2D eigenvalue weighted by molar-refractivity contribution is 5.99. The van der Waals surface area contributed by atoms with Gasteiger partial charge in [-0.1, -0.05) is 48.9 Å². The summed E-state index contributed by atoms with van der Waals surface area (Å²) >= 11 is 0. The maximum Gasteiger partial charge on any atom is 0.408 e. The van der Waals surface area contributed by atoms with E-state index < -0.39 is 41.1 Å². The molecule has 11 heteroatoms. The average molecular weight is 663 g/mol. The number of anilines is 1. The first-order chi connectivity index (χ1) is 22.7. The number of aryl methyl sites for hydroxylation is 2. The van der Waals surface area contributed by atoms with Gasteiger partial charge in [-0.05, 0) is 96.0 Å². The summed E-state index contributed by atoms with van der Waals surface area (Å²) in [4.78, 5) is 51.1. The SMILES string of the molecule is COc1ccc(C(CCCCn2ccc(NC(=O)[C@@H](CCCc3ccccc3)NC(=O)C(C)(C)NC(=O)OC(C)(C)C)c2)C(=O)O)cc1. The van der Waals surface area contributed by atoms with Gasteiger partial charge in [0.1, 0.15) is 22.9 Å². The summed E-state index contributed by atoms with van der Waals surface area (Å²) in [6, 6.07) is 17.9. The number of methoxy groups -OCH3 is 1. The van der Waals surface area contributed by atoms with Crippen LogP contribution in [0.5, 0.6) is 5.75 Å². The number of benzene rings is 2. The Labute approximate surface area is 283 Å². The van der Waals surface area contributed by atoms with Gasteiger partial charge in [-0.2, -0.15) is 0 Å². The van der Waals surface area contributed by atoms with Gasteiger partial charge in [-0.3, -0.25) is 14.4 Å². The van der Waals surface area contributed by atoms with Crippen LogP contribution in [0.25, 0.3) is 0 Å². The molecule has 0 radical (unpaired) electrons. The minimum atomic E-state index is -1.34. The van der Waals surface area contributed by atoms with Crippen LogP contribution < -0.4 is 20.7 Å². The van der Waals surface area contributed by atoms with Gasteiger partial charge in [0.15, 0.2) is 0 Å². The summed E-state index contributed by atoms with van der Waals surface area (Å²) in [6.07, 6.45) is 6.65. The predicted octanol–water partition coefficient (Wildman–Crippen LogP) is 6.28. The number of aliphatic carboxylic acids is 1. The van der Waals surface area contributed by atoms with Crippen LogP contribution in [-0.4, -0.2) is 57.8 Å². The Bertz CT molecular complexity index is 1490. The Morgan fingerprint density at radius 1 is 0.875 bits per heavy atom. The average Bonchev–Trinajstić information content (AvgIpc) is 3.46. The van der Waals surface area contributed by atoms with Crippen molar-refractivity contribution in [1.82, 2.24) is 15.2 Å². The van der Waals surface area contributed by atoms with Crippen molar-refractivity contribution in [2.75, 3.05) is 12.4 Å². The number of nitrogens with one attached hydrogen (secondary N) is 3. The van der Waals surface area contributed by atoms with Crippen molar-refractivity contribution in [3.05, 3.63) is 84.2 Å². The number of amides is 3. The number of ether oxygens (including phenoxy) is 2. The van der Waals surface area contributed by atoms with Crippen LogP contribution in [0.4, 0.5) is 10.5 Å². The molecule has 11 nitrogen and oxygen atoms in total. The van der Waals surface area contributed by atoms with Gasteiger partial charge in [0.2, 0.25) is 11.8 Å². The number of nitrogens with zero attached hydrogens (tertiary/aromatic N) is 1. The predicted molar refractivity (Wildman–Crippen MR) is 185 cm³/mol. The lowest BCUT2D eigenvalue weighted by molar-refractivity contribution is -0.139. The number of carbonyl (C=O) groups excluding carboxylic acids is 3. The third-order valence-corrected chi connectivity index (χ3v) is 7.80. The molecule has 0 aliphatic rings. The fourth-order valence-corrected chi connectivity index (χ4v) is 5.17. The van der Waals surface area contributed by atoms with Crippen LogP contribution in [0.2, 0.25) is 0 Å². The fraction of sp³-hybridized carbons (Fsp3) is 0.459. The Kier molecular flexibility index (Phi) is 13.6. The molecule has 3 rings (SSSR count). The number of carbonyl (C=O) groups is 4. The fourth-order valence-electron chi connectivity index (χ4n) is 5.17. The van der Waals surface area contributed by atoms with Crippen molar-refractivity contribution in [3.63, 3.8) is 0 Å². The van der Waals surface area contributed by atoms with Crippen LogP contribution in [0.3, 0.4) is 0 Å². The van der Waals surface area contributed by atoms with Crippen molar-refractivity contribution in [3.8, 4) is 5.75 Å². The van der Waals surface area contributed by atoms with E-state index in [0.29, 0.717) is 43.7 Å². The van der Waals surface area contributed by atoms with E-state index in [1.807, 2.05) is 47.3 Å². The van der Waals surface area contributed by atoms with E-state index in [1.165, 1.54) is 0 Å². The van der Waals surface area contributed by atoms with Gasteiger partial charge < -0.3 is 35.1 Å². The highest BCUT2D eigenvalue weighted by Crippen LogP contribution is 2.25. The van der Waals surface area contributed by atoms with Crippen LogP contribution in [0.15, 0.2) is 73.1 Å². The second kappa shape index (κ2) is 17.4. The van der Waals surface area contributed by atoms with E-state index in [-0.39, 0.29) is 5.91 Å². The smallest absolute Gasteiger partial charge is 0.408 e. The number of alkyl carbamates (subject to hydrolysis) is 1. The third-order valence-electron chi connectivity index (χ3n) is 7.80. The zero-order valence-electron chi connectivity index (χ0n) is 28.9. The van der Waals surface area contributed by atoms with Crippen molar-refractivity contribution < 1.29 is 33.8 Å². The van der Waals surface area contributed by atoms with Crippen molar-refractivity contribution >= 4 is 29.6 Å². The normalized spacial score (nSPS) is 12.8. The summed E-state index contributed by atoms with van der Waals surface area (Å²) in [5.74, 6) is -1.67. The molecule has 3 aromatic rings. The quantitative estimate of drug-likeness (QED) is 0.124. The number of carboxylic acids is 1. The van der Waals surface area contributed by atoms with Crippen LogP contribution >= 0.6 is 0 Å². The highest BCUT2D eigenvalue weighted by Gasteiger charge is 2.34. The molecule has 3 amide bonds. The Balaban J connectivity index is 1.59. The Morgan fingerprint density at radius 2 is 1.56 bits per heavy atom. The van der Waals surface area contributed by atoms with Gasteiger partial charge in [0, 0.05) is 18.9 Å². The van der Waals surface area contributed by atoms with E-state index in [0.717, 1.165) is 24.0 Å². The van der Waals surface area contributed by atoms with E-state index >= 15 is 0 Å². The van der Waals surface area contributed by atoms with Gasteiger partial charge in [-0.25, -0.2) is 4.79 Å². The molecule has 48 heavy (non-hydrogen) atoms. The van der Waals surface area contributed by atoms with Gasteiger partial charge >= 0.3 is 12.1 Å². The first kappa shape index (κ1) is 37.7. The highest BCUT2D eigenvalue weighted by atomic mass is 16.6. The molecule has 0 bridgehead atoms. The van der Waals surface area contributed by atoms with Crippen molar-refractivity contribution in [1.29, 1.82) is 0 Å². The summed E-state index contributed by atoms with van der Waals surface area (Å²) in [5, 5.41) is 18.1. The third kappa shape index (κ3) is 12.4. The molecule has 2 aromatic carbocycles.